The Labute approximate surface area is 161 Å². The summed E-state index contributed by atoms with van der Waals surface area (Å²) in [7, 11) is 1.61. The molecule has 0 saturated heterocycles. The maximum absolute atomic E-state index is 5.43. The van der Waals surface area contributed by atoms with Gasteiger partial charge in [-0.25, -0.2) is 15.0 Å². The van der Waals surface area contributed by atoms with Crippen LogP contribution in [0.2, 0.25) is 0 Å². The van der Waals surface area contributed by atoms with Gasteiger partial charge in [-0.15, -0.1) is 0 Å². The van der Waals surface area contributed by atoms with E-state index in [0.717, 1.165) is 40.3 Å². The Morgan fingerprint density at radius 3 is 2.71 bits per heavy atom. The number of aromatic nitrogens is 6. The Hall–Kier alpha value is -3.74. The van der Waals surface area contributed by atoms with Crippen LogP contribution < -0.4 is 4.74 Å². The molecule has 0 aliphatic heterocycles. The van der Waals surface area contributed by atoms with Crippen molar-refractivity contribution in [1.82, 2.24) is 29.1 Å². The first-order valence-electron chi connectivity index (χ1n) is 8.98. The van der Waals surface area contributed by atoms with E-state index < -0.39 is 0 Å². The third-order valence-electron chi connectivity index (χ3n) is 4.88. The number of ether oxygens (including phenoxy) is 1. The summed E-state index contributed by atoms with van der Waals surface area (Å²) in [6.45, 7) is 2.75. The second-order valence-electron chi connectivity index (χ2n) is 6.57. The molecule has 0 saturated carbocycles. The van der Waals surface area contributed by atoms with E-state index >= 15 is 0 Å². The van der Waals surface area contributed by atoms with Crippen LogP contribution in [0.15, 0.2) is 61.2 Å². The number of imidazole rings is 1. The molecule has 0 spiro atoms. The van der Waals surface area contributed by atoms with Gasteiger partial charge >= 0.3 is 0 Å². The minimum Gasteiger partial charge on any atom is -0.479 e. The molecule has 0 radical (unpaired) electrons. The number of benzene rings is 1. The quantitative estimate of drug-likeness (QED) is 0.484. The predicted molar refractivity (Wildman–Crippen MR) is 107 cm³/mol. The summed E-state index contributed by atoms with van der Waals surface area (Å²) < 4.78 is 9.61. The summed E-state index contributed by atoms with van der Waals surface area (Å²) in [4.78, 5) is 17.8. The summed E-state index contributed by atoms with van der Waals surface area (Å²) in [6.07, 6.45) is 5.27. The first-order valence-corrected chi connectivity index (χ1v) is 8.98. The van der Waals surface area contributed by atoms with Crippen molar-refractivity contribution in [1.29, 1.82) is 0 Å². The number of rotatable bonds is 4. The molecule has 0 fully saturated rings. The second-order valence-corrected chi connectivity index (χ2v) is 6.57. The molecule has 7 nitrogen and oxygen atoms in total. The molecule has 4 aromatic heterocycles. The molecule has 1 aromatic carbocycles. The van der Waals surface area contributed by atoms with Crippen molar-refractivity contribution < 1.29 is 4.74 Å². The van der Waals surface area contributed by atoms with Crippen LogP contribution in [0.3, 0.4) is 0 Å². The van der Waals surface area contributed by atoms with Gasteiger partial charge < -0.3 is 13.9 Å². The van der Waals surface area contributed by atoms with Gasteiger partial charge in [-0.3, -0.25) is 0 Å². The van der Waals surface area contributed by atoms with Gasteiger partial charge in [0.15, 0.2) is 5.65 Å². The molecule has 0 N–H and O–H groups in total. The number of nitrogens with zero attached hydrogens (tertiary/aromatic N) is 6. The highest BCUT2D eigenvalue weighted by Gasteiger charge is 2.14. The van der Waals surface area contributed by atoms with Crippen LogP contribution in [0.5, 0.6) is 5.88 Å². The summed E-state index contributed by atoms with van der Waals surface area (Å²) >= 11 is 0. The van der Waals surface area contributed by atoms with Crippen LogP contribution in [-0.2, 0) is 6.54 Å². The zero-order valence-corrected chi connectivity index (χ0v) is 15.6. The van der Waals surface area contributed by atoms with E-state index in [1.165, 1.54) is 11.9 Å². The summed E-state index contributed by atoms with van der Waals surface area (Å²) in [5, 5.41) is 0. The van der Waals surface area contributed by atoms with Gasteiger partial charge in [0.1, 0.15) is 17.7 Å². The molecular weight excluding hydrogens is 352 g/mol. The summed E-state index contributed by atoms with van der Waals surface area (Å²) in [6, 6.07) is 14.4. The van der Waals surface area contributed by atoms with Gasteiger partial charge in [-0.05, 0) is 24.6 Å². The Morgan fingerprint density at radius 1 is 1.04 bits per heavy atom. The molecular formula is C21H18N6O. The van der Waals surface area contributed by atoms with Gasteiger partial charge in [-0.2, -0.15) is 4.98 Å². The molecule has 7 heteroatoms. The number of hydrogen-bond acceptors (Lipinski definition) is 5. The van der Waals surface area contributed by atoms with Crippen molar-refractivity contribution in [2.24, 2.45) is 0 Å². The molecule has 138 valence electrons. The van der Waals surface area contributed by atoms with E-state index in [9.17, 15) is 0 Å². The highest BCUT2D eigenvalue weighted by Crippen LogP contribution is 2.27. The fourth-order valence-corrected chi connectivity index (χ4v) is 3.51. The first kappa shape index (κ1) is 16.4. The molecule has 5 rings (SSSR count). The van der Waals surface area contributed by atoms with E-state index in [2.05, 4.69) is 42.7 Å². The van der Waals surface area contributed by atoms with E-state index in [1.54, 1.807) is 7.11 Å². The Bertz CT molecular complexity index is 1290. The zero-order valence-electron chi connectivity index (χ0n) is 15.6. The SMILES string of the molecule is COc1ncnc2ccn(-c3cnc4nc(C)n(Cc5ccccc5)c4c3)c12. The van der Waals surface area contributed by atoms with E-state index in [0.29, 0.717) is 5.88 Å². The smallest absolute Gasteiger partial charge is 0.241 e. The van der Waals surface area contributed by atoms with Crippen LogP contribution in [0, 0.1) is 6.92 Å². The first-order chi connectivity index (χ1) is 13.7. The van der Waals surface area contributed by atoms with Crippen molar-refractivity contribution in [3.63, 3.8) is 0 Å². The van der Waals surface area contributed by atoms with Gasteiger partial charge in [-0.1, -0.05) is 30.3 Å². The fraction of sp³-hybridized carbons (Fsp3) is 0.143. The number of hydrogen-bond donors (Lipinski definition) is 0. The number of fused-ring (bicyclic) bond motifs is 2. The lowest BCUT2D eigenvalue weighted by atomic mass is 10.2. The predicted octanol–water partition coefficient (Wildman–Crippen LogP) is 3.53. The largest absolute Gasteiger partial charge is 0.479 e. The number of pyridine rings is 1. The normalized spacial score (nSPS) is 11.4. The molecule has 4 heterocycles. The van der Waals surface area contributed by atoms with Crippen LogP contribution in [0.4, 0.5) is 0 Å². The van der Waals surface area contributed by atoms with Gasteiger partial charge in [0.2, 0.25) is 5.88 Å². The molecule has 5 aromatic rings. The maximum Gasteiger partial charge on any atom is 0.241 e. The van der Waals surface area contributed by atoms with Gasteiger partial charge in [0, 0.05) is 12.7 Å². The van der Waals surface area contributed by atoms with Gasteiger partial charge in [0.25, 0.3) is 0 Å². The van der Waals surface area contributed by atoms with Crippen molar-refractivity contribution in [2.45, 2.75) is 13.5 Å². The zero-order chi connectivity index (χ0) is 19.1. The summed E-state index contributed by atoms with van der Waals surface area (Å²) in [5.74, 6) is 1.46. The van der Waals surface area contributed by atoms with Crippen molar-refractivity contribution in [2.75, 3.05) is 7.11 Å². The third-order valence-corrected chi connectivity index (χ3v) is 4.88. The Morgan fingerprint density at radius 2 is 1.89 bits per heavy atom. The second kappa shape index (κ2) is 6.45. The van der Waals surface area contributed by atoms with Crippen LogP contribution in [0.1, 0.15) is 11.4 Å². The molecule has 0 aliphatic carbocycles. The lowest BCUT2D eigenvalue weighted by Crippen LogP contribution is -2.03. The molecule has 0 bridgehead atoms. The number of aryl methyl sites for hydroxylation is 1. The average molecular weight is 370 g/mol. The van der Waals surface area contributed by atoms with Gasteiger partial charge in [0.05, 0.1) is 30.0 Å². The average Bonchev–Trinajstić information content (AvgIpc) is 3.30. The van der Waals surface area contributed by atoms with E-state index in [-0.39, 0.29) is 0 Å². The van der Waals surface area contributed by atoms with E-state index in [1.807, 2.05) is 48.1 Å². The lowest BCUT2D eigenvalue weighted by Gasteiger charge is -2.10. The molecule has 0 unspecified atom stereocenters. The molecule has 0 amide bonds. The molecule has 0 aliphatic rings. The maximum atomic E-state index is 5.43. The number of methoxy groups -OCH3 is 1. The van der Waals surface area contributed by atoms with Crippen molar-refractivity contribution in [3.8, 4) is 11.6 Å². The van der Waals surface area contributed by atoms with Crippen molar-refractivity contribution >= 4 is 22.2 Å². The van der Waals surface area contributed by atoms with Crippen LogP contribution >= 0.6 is 0 Å². The Kier molecular flexibility index (Phi) is 3.79. The Balaban J connectivity index is 1.67. The van der Waals surface area contributed by atoms with E-state index in [4.69, 9.17) is 4.74 Å². The minimum absolute atomic E-state index is 0.532. The molecule has 0 atom stereocenters. The standard InChI is InChI=1S/C21H18N6O/c1-14-25-20-18(27(14)12-15-6-4-3-5-7-15)10-16(11-22-20)26-9-8-17-19(26)21(28-2)24-13-23-17/h3-11,13H,12H2,1-2H3. The minimum atomic E-state index is 0.532. The highest BCUT2D eigenvalue weighted by atomic mass is 16.5. The highest BCUT2D eigenvalue weighted by molar-refractivity contribution is 5.83. The van der Waals surface area contributed by atoms with Crippen LogP contribution in [-0.4, -0.2) is 36.2 Å². The monoisotopic (exact) mass is 370 g/mol. The third kappa shape index (κ3) is 2.60. The fourth-order valence-electron chi connectivity index (χ4n) is 3.51. The summed E-state index contributed by atoms with van der Waals surface area (Å²) in [5.41, 5.74) is 5.48. The molecule has 28 heavy (non-hydrogen) atoms. The van der Waals surface area contributed by atoms with Crippen molar-refractivity contribution in [3.05, 3.63) is 72.6 Å². The lowest BCUT2D eigenvalue weighted by molar-refractivity contribution is 0.401. The topological polar surface area (TPSA) is 70.7 Å². The van der Waals surface area contributed by atoms with Crippen LogP contribution in [0.25, 0.3) is 27.9 Å².